The molecule has 2 aromatic rings. The summed E-state index contributed by atoms with van der Waals surface area (Å²) < 4.78 is 16.8. The van der Waals surface area contributed by atoms with Gasteiger partial charge in [-0.25, -0.2) is 4.68 Å². The zero-order valence-electron chi connectivity index (χ0n) is 12.7. The number of methoxy groups -OCH3 is 3. The van der Waals surface area contributed by atoms with E-state index >= 15 is 0 Å². The highest BCUT2D eigenvalue weighted by Crippen LogP contribution is 2.35. The van der Waals surface area contributed by atoms with Crippen LogP contribution >= 0.6 is 23.2 Å². The average molecular weight is 357 g/mol. The maximum absolute atomic E-state index is 11.9. The first-order valence-corrected chi connectivity index (χ1v) is 7.18. The van der Waals surface area contributed by atoms with E-state index in [9.17, 15) is 4.79 Å². The Morgan fingerprint density at radius 3 is 2.26 bits per heavy atom. The van der Waals surface area contributed by atoms with Gasteiger partial charge in [-0.05, 0) is 12.1 Å². The van der Waals surface area contributed by atoms with Crippen molar-refractivity contribution in [2.45, 2.75) is 0 Å². The summed E-state index contributed by atoms with van der Waals surface area (Å²) in [7, 11) is 4.59. The summed E-state index contributed by atoms with van der Waals surface area (Å²) in [5, 5.41) is 3.90. The normalized spacial score (nSPS) is 10.8. The lowest BCUT2D eigenvalue weighted by molar-refractivity contribution is 0.348. The zero-order chi connectivity index (χ0) is 17.0. The molecule has 1 heterocycles. The van der Waals surface area contributed by atoms with Crippen LogP contribution in [0, 0.1) is 0 Å². The summed E-state index contributed by atoms with van der Waals surface area (Å²) in [4.78, 5) is 11.9. The van der Waals surface area contributed by atoms with Crippen LogP contribution in [-0.2, 0) is 0 Å². The van der Waals surface area contributed by atoms with Crippen molar-refractivity contribution in [2.24, 2.45) is 0 Å². The number of benzene rings is 1. The Morgan fingerprint density at radius 2 is 1.65 bits per heavy atom. The quantitative estimate of drug-likeness (QED) is 0.822. The standard InChI is InChI=1S/C15H14Cl2N2O4/c1-21-11-7-13(23-3)12(22-2)6-9(11)4-5-19-15(20)14(17)10(16)8-18-19/h4-8H,1-3H3/b5-4+. The van der Waals surface area contributed by atoms with E-state index in [1.807, 2.05) is 0 Å². The topological polar surface area (TPSA) is 62.6 Å². The third-order valence-corrected chi connectivity index (χ3v) is 3.78. The third-order valence-electron chi connectivity index (χ3n) is 3.03. The van der Waals surface area contributed by atoms with Gasteiger partial charge in [-0.15, -0.1) is 0 Å². The Labute approximate surface area is 142 Å². The predicted octanol–water partition coefficient (Wildman–Crippen LogP) is 3.20. The lowest BCUT2D eigenvalue weighted by atomic mass is 10.1. The minimum Gasteiger partial charge on any atom is -0.496 e. The van der Waals surface area contributed by atoms with Crippen molar-refractivity contribution < 1.29 is 14.2 Å². The van der Waals surface area contributed by atoms with E-state index in [2.05, 4.69) is 5.10 Å². The second-order valence-electron chi connectivity index (χ2n) is 4.32. The van der Waals surface area contributed by atoms with Crippen molar-refractivity contribution >= 4 is 35.5 Å². The van der Waals surface area contributed by atoms with Crippen molar-refractivity contribution in [3.63, 3.8) is 0 Å². The molecule has 1 aromatic heterocycles. The minimum atomic E-state index is -0.519. The van der Waals surface area contributed by atoms with Crippen molar-refractivity contribution in [3.05, 3.63) is 44.3 Å². The molecule has 0 amide bonds. The molecule has 0 unspecified atom stereocenters. The van der Waals surface area contributed by atoms with Gasteiger partial charge in [-0.1, -0.05) is 23.2 Å². The molecule has 23 heavy (non-hydrogen) atoms. The molecule has 6 nitrogen and oxygen atoms in total. The molecule has 2 rings (SSSR count). The second kappa shape index (κ2) is 7.39. The molecule has 0 N–H and O–H groups in total. The van der Waals surface area contributed by atoms with Crippen LogP contribution in [0.2, 0.25) is 10.0 Å². The van der Waals surface area contributed by atoms with Crippen LogP contribution in [0.4, 0.5) is 0 Å². The highest BCUT2D eigenvalue weighted by Gasteiger charge is 2.10. The van der Waals surface area contributed by atoms with Gasteiger partial charge in [-0.3, -0.25) is 4.79 Å². The first-order chi connectivity index (χ1) is 11.0. The highest BCUT2D eigenvalue weighted by molar-refractivity contribution is 6.41. The van der Waals surface area contributed by atoms with Gasteiger partial charge >= 0.3 is 0 Å². The molecule has 0 aliphatic heterocycles. The summed E-state index contributed by atoms with van der Waals surface area (Å²) in [6.07, 6.45) is 4.38. The molecule has 122 valence electrons. The Hall–Kier alpha value is -2.18. The minimum absolute atomic E-state index is 0.0920. The molecule has 0 aliphatic carbocycles. The van der Waals surface area contributed by atoms with E-state index in [-0.39, 0.29) is 10.0 Å². The van der Waals surface area contributed by atoms with Crippen LogP contribution < -0.4 is 19.8 Å². The fourth-order valence-electron chi connectivity index (χ4n) is 1.86. The highest BCUT2D eigenvalue weighted by atomic mass is 35.5. The average Bonchev–Trinajstić information content (AvgIpc) is 2.58. The van der Waals surface area contributed by atoms with Crippen LogP contribution in [0.15, 0.2) is 23.1 Å². The molecule has 0 atom stereocenters. The first-order valence-electron chi connectivity index (χ1n) is 6.42. The van der Waals surface area contributed by atoms with Gasteiger partial charge in [0, 0.05) is 17.8 Å². The van der Waals surface area contributed by atoms with E-state index in [1.165, 1.54) is 33.7 Å². The number of ether oxygens (including phenoxy) is 3. The Kier molecular flexibility index (Phi) is 5.52. The summed E-state index contributed by atoms with van der Waals surface area (Å²) >= 11 is 11.6. The van der Waals surface area contributed by atoms with Gasteiger partial charge in [0.15, 0.2) is 11.5 Å². The SMILES string of the molecule is COc1cc(OC)c(OC)cc1/C=C/n1ncc(Cl)c(Cl)c1=O. The first kappa shape index (κ1) is 17.2. The zero-order valence-corrected chi connectivity index (χ0v) is 14.2. The van der Waals surface area contributed by atoms with Gasteiger partial charge < -0.3 is 14.2 Å². The molecule has 0 spiro atoms. The smallest absolute Gasteiger partial charge is 0.291 e. The van der Waals surface area contributed by atoms with E-state index in [1.54, 1.807) is 18.2 Å². The Bertz CT molecular complexity index is 803. The van der Waals surface area contributed by atoms with Crippen molar-refractivity contribution in [1.82, 2.24) is 9.78 Å². The molecule has 0 aliphatic rings. The number of aromatic nitrogens is 2. The lowest BCUT2D eigenvalue weighted by Gasteiger charge is -2.12. The van der Waals surface area contributed by atoms with Crippen LogP contribution in [0.3, 0.4) is 0 Å². The third kappa shape index (κ3) is 3.60. The lowest BCUT2D eigenvalue weighted by Crippen LogP contribution is -2.18. The Morgan fingerprint density at radius 1 is 1.04 bits per heavy atom. The Balaban J connectivity index is 2.47. The maximum Gasteiger partial charge on any atom is 0.291 e. The number of halogens is 2. The van der Waals surface area contributed by atoms with Gasteiger partial charge in [0.25, 0.3) is 5.56 Å². The van der Waals surface area contributed by atoms with Gasteiger partial charge in [0.05, 0.1) is 32.5 Å². The van der Waals surface area contributed by atoms with Crippen LogP contribution in [0.1, 0.15) is 5.56 Å². The number of nitrogens with zero attached hydrogens (tertiary/aromatic N) is 2. The van der Waals surface area contributed by atoms with E-state index in [4.69, 9.17) is 37.4 Å². The molecule has 0 radical (unpaired) electrons. The van der Waals surface area contributed by atoms with Gasteiger partial charge in [0.1, 0.15) is 10.8 Å². The molecular weight excluding hydrogens is 343 g/mol. The van der Waals surface area contributed by atoms with Crippen LogP contribution in [0.25, 0.3) is 12.3 Å². The number of hydrogen-bond donors (Lipinski definition) is 0. The van der Waals surface area contributed by atoms with E-state index < -0.39 is 5.56 Å². The molecule has 0 saturated carbocycles. The van der Waals surface area contributed by atoms with Crippen molar-refractivity contribution in [3.8, 4) is 17.2 Å². The van der Waals surface area contributed by atoms with E-state index in [0.717, 1.165) is 4.68 Å². The van der Waals surface area contributed by atoms with Crippen molar-refractivity contribution in [1.29, 1.82) is 0 Å². The van der Waals surface area contributed by atoms with Crippen LogP contribution in [0.5, 0.6) is 17.2 Å². The number of hydrogen-bond acceptors (Lipinski definition) is 5. The predicted molar refractivity (Wildman–Crippen MR) is 89.8 cm³/mol. The number of rotatable bonds is 5. The van der Waals surface area contributed by atoms with Crippen LogP contribution in [-0.4, -0.2) is 31.1 Å². The molecule has 1 aromatic carbocycles. The molecule has 8 heteroatoms. The largest absolute Gasteiger partial charge is 0.496 e. The van der Waals surface area contributed by atoms with Gasteiger partial charge in [-0.2, -0.15) is 5.10 Å². The summed E-state index contributed by atoms with van der Waals surface area (Å²) in [6.45, 7) is 0. The van der Waals surface area contributed by atoms with Gasteiger partial charge in [0.2, 0.25) is 0 Å². The summed E-state index contributed by atoms with van der Waals surface area (Å²) in [5.41, 5.74) is 0.153. The molecule has 0 saturated heterocycles. The second-order valence-corrected chi connectivity index (χ2v) is 5.11. The van der Waals surface area contributed by atoms with Crippen molar-refractivity contribution in [2.75, 3.05) is 21.3 Å². The van der Waals surface area contributed by atoms with E-state index in [0.29, 0.717) is 22.8 Å². The fraction of sp³-hybridized carbons (Fsp3) is 0.200. The molecule has 0 bridgehead atoms. The summed E-state index contributed by atoms with van der Waals surface area (Å²) in [5.74, 6) is 1.61. The fourth-order valence-corrected chi connectivity index (χ4v) is 2.12. The summed E-state index contributed by atoms with van der Waals surface area (Å²) in [6, 6.07) is 3.40. The monoisotopic (exact) mass is 356 g/mol. The molecule has 0 fully saturated rings. The maximum atomic E-state index is 11.9. The molecular formula is C15H14Cl2N2O4.